The summed E-state index contributed by atoms with van der Waals surface area (Å²) in [7, 11) is 0. The van der Waals surface area contributed by atoms with E-state index in [2.05, 4.69) is 279 Å². The normalized spacial score (nSPS) is 16.2. The van der Waals surface area contributed by atoms with Crippen LogP contribution in [0.3, 0.4) is 0 Å². The van der Waals surface area contributed by atoms with E-state index in [0.29, 0.717) is 0 Å². The molecular formula is C70H47N. The zero-order valence-corrected chi connectivity index (χ0v) is 39.4. The van der Waals surface area contributed by atoms with Gasteiger partial charge in [0.25, 0.3) is 0 Å². The van der Waals surface area contributed by atoms with Crippen LogP contribution in [0.1, 0.15) is 68.1 Å². The molecular weight excluding hydrogens is 855 g/mol. The number of anilines is 3. The fourth-order valence-corrected chi connectivity index (χ4v) is 14.0. The fourth-order valence-electron chi connectivity index (χ4n) is 14.0. The second kappa shape index (κ2) is 14.9. The van der Waals surface area contributed by atoms with Crippen molar-refractivity contribution in [1.82, 2.24) is 0 Å². The molecule has 1 spiro atoms. The van der Waals surface area contributed by atoms with E-state index >= 15 is 0 Å². The first-order chi connectivity index (χ1) is 35.1. The molecule has 0 aromatic heterocycles. The van der Waals surface area contributed by atoms with Gasteiger partial charge in [0.05, 0.1) is 16.5 Å². The summed E-state index contributed by atoms with van der Waals surface area (Å²) >= 11 is 0. The lowest BCUT2D eigenvalue weighted by Crippen LogP contribution is -2.28. The molecule has 0 radical (unpaired) electrons. The summed E-state index contributed by atoms with van der Waals surface area (Å²) in [5.41, 5.74) is 26.6. The van der Waals surface area contributed by atoms with Gasteiger partial charge in [-0.05, 0) is 137 Å². The standard InChI is InChI=1S/C70H47N/c1-68(46-22-5-2-6-23-46)58-33-16-11-28-51(58)55-42-40-49(44-64(55)68)71(66-39-21-38-63-67(66)57-32-15-20-37-62(57)69(63,47-24-7-3-8-25-47)48-26-9-4-10-27-48)50-41-43-56-54-31-14-19-36-61(54)70(65(56)45-50)59-34-17-12-29-52(59)53-30-13-18-35-60(53)70/h2-45H,1H3. The lowest BCUT2D eigenvalue weighted by atomic mass is 9.68. The van der Waals surface area contributed by atoms with E-state index in [1.807, 2.05) is 0 Å². The highest BCUT2D eigenvalue weighted by Crippen LogP contribution is 2.65. The molecule has 0 heterocycles. The van der Waals surface area contributed by atoms with Gasteiger partial charge in [-0.15, -0.1) is 0 Å². The van der Waals surface area contributed by atoms with Gasteiger partial charge in [0.1, 0.15) is 0 Å². The van der Waals surface area contributed by atoms with E-state index in [-0.39, 0.29) is 5.41 Å². The summed E-state index contributed by atoms with van der Waals surface area (Å²) in [5.74, 6) is 0. The smallest absolute Gasteiger partial charge is 0.0726 e. The van der Waals surface area contributed by atoms with Crippen molar-refractivity contribution in [2.45, 2.75) is 23.2 Å². The first-order valence-electron chi connectivity index (χ1n) is 25.0. The van der Waals surface area contributed by atoms with Crippen LogP contribution in [0.5, 0.6) is 0 Å². The van der Waals surface area contributed by atoms with Crippen molar-refractivity contribution in [1.29, 1.82) is 0 Å². The van der Waals surface area contributed by atoms with E-state index < -0.39 is 10.8 Å². The van der Waals surface area contributed by atoms with Crippen molar-refractivity contribution in [3.05, 3.63) is 328 Å². The number of benzene rings is 11. The Hall–Kier alpha value is -8.78. The summed E-state index contributed by atoms with van der Waals surface area (Å²) in [4.78, 5) is 2.60. The summed E-state index contributed by atoms with van der Waals surface area (Å²) in [6, 6.07) is 101. The molecule has 0 aliphatic heterocycles. The van der Waals surface area contributed by atoms with E-state index in [9.17, 15) is 0 Å². The molecule has 0 saturated heterocycles. The molecule has 1 atom stereocenters. The van der Waals surface area contributed by atoms with Gasteiger partial charge >= 0.3 is 0 Å². The lowest BCUT2D eigenvalue weighted by molar-refractivity contribution is 0.714. The van der Waals surface area contributed by atoms with Gasteiger partial charge in [0.2, 0.25) is 0 Å². The van der Waals surface area contributed by atoms with Gasteiger partial charge in [-0.3, -0.25) is 0 Å². The molecule has 11 aromatic carbocycles. The molecule has 0 N–H and O–H groups in total. The van der Waals surface area contributed by atoms with Crippen LogP contribution in [-0.2, 0) is 16.2 Å². The summed E-state index contributed by atoms with van der Waals surface area (Å²) in [6.07, 6.45) is 0. The Kier molecular flexibility index (Phi) is 8.40. The van der Waals surface area contributed by atoms with Gasteiger partial charge in [0, 0.05) is 22.4 Å². The van der Waals surface area contributed by atoms with E-state index in [4.69, 9.17) is 0 Å². The van der Waals surface area contributed by atoms with Crippen LogP contribution in [0.25, 0.3) is 44.5 Å². The van der Waals surface area contributed by atoms with Crippen molar-refractivity contribution in [2.24, 2.45) is 0 Å². The molecule has 4 aliphatic rings. The maximum atomic E-state index is 2.60. The minimum Gasteiger partial charge on any atom is -0.310 e. The molecule has 0 bridgehead atoms. The SMILES string of the molecule is CC1(c2ccccc2)c2ccccc2-c2ccc(N(c3ccc4c(c3)C3(c5ccccc5-c5ccccc53)c3ccccc3-4)c3cccc4c3-c3ccccc3C4(c3ccccc3)c3ccccc3)cc21. The highest BCUT2D eigenvalue weighted by molar-refractivity contribution is 6.00. The molecule has 1 unspecified atom stereocenters. The molecule has 1 heteroatoms. The second-order valence-electron chi connectivity index (χ2n) is 19.9. The number of hydrogen-bond donors (Lipinski definition) is 0. The number of fused-ring (bicyclic) bond motifs is 16. The molecule has 71 heavy (non-hydrogen) atoms. The van der Waals surface area contributed by atoms with Crippen molar-refractivity contribution in [2.75, 3.05) is 4.90 Å². The molecule has 4 aliphatic carbocycles. The fraction of sp³-hybridized carbons (Fsp3) is 0.0571. The highest BCUT2D eigenvalue weighted by atomic mass is 15.1. The lowest BCUT2D eigenvalue weighted by Gasteiger charge is -2.35. The monoisotopic (exact) mass is 901 g/mol. The molecule has 0 fully saturated rings. The minimum atomic E-state index is -0.553. The Labute approximate surface area is 415 Å². The third-order valence-electron chi connectivity index (χ3n) is 16.8. The average Bonchev–Trinajstić information content (AvgIpc) is 4.12. The van der Waals surface area contributed by atoms with Gasteiger partial charge in [0.15, 0.2) is 0 Å². The first kappa shape index (κ1) is 40.1. The Bertz CT molecular complexity index is 3860. The quantitative estimate of drug-likeness (QED) is 0.161. The molecule has 11 aromatic rings. The minimum absolute atomic E-state index is 0.378. The van der Waals surface area contributed by atoms with Gasteiger partial charge in [-0.25, -0.2) is 0 Å². The topological polar surface area (TPSA) is 3.24 Å². The molecule has 1 nitrogen and oxygen atoms in total. The zero-order chi connectivity index (χ0) is 46.9. The van der Waals surface area contributed by atoms with Gasteiger partial charge < -0.3 is 4.90 Å². The maximum Gasteiger partial charge on any atom is 0.0726 e. The summed E-state index contributed by atoms with van der Waals surface area (Å²) < 4.78 is 0. The Morgan fingerprint density at radius 1 is 0.254 bits per heavy atom. The molecule has 0 saturated carbocycles. The predicted molar refractivity (Wildman–Crippen MR) is 292 cm³/mol. The van der Waals surface area contributed by atoms with Crippen LogP contribution in [0.2, 0.25) is 0 Å². The van der Waals surface area contributed by atoms with Crippen LogP contribution < -0.4 is 4.90 Å². The number of nitrogens with zero attached hydrogens (tertiary/aromatic N) is 1. The third-order valence-corrected chi connectivity index (χ3v) is 16.8. The Morgan fingerprint density at radius 3 is 1.14 bits per heavy atom. The summed E-state index contributed by atoms with van der Waals surface area (Å²) in [6.45, 7) is 2.43. The molecule has 0 amide bonds. The van der Waals surface area contributed by atoms with Gasteiger partial charge in [-0.1, -0.05) is 237 Å². The van der Waals surface area contributed by atoms with E-state index in [1.54, 1.807) is 0 Å². The van der Waals surface area contributed by atoms with Crippen molar-refractivity contribution < 1.29 is 0 Å². The van der Waals surface area contributed by atoms with Crippen LogP contribution in [-0.4, -0.2) is 0 Å². The largest absolute Gasteiger partial charge is 0.310 e. The van der Waals surface area contributed by atoms with E-state index in [1.165, 1.54) is 106 Å². The van der Waals surface area contributed by atoms with Gasteiger partial charge in [-0.2, -0.15) is 0 Å². The zero-order valence-electron chi connectivity index (χ0n) is 39.4. The van der Waals surface area contributed by atoms with Crippen LogP contribution in [0.4, 0.5) is 17.1 Å². The Morgan fingerprint density at radius 2 is 0.620 bits per heavy atom. The average molecular weight is 902 g/mol. The first-order valence-corrected chi connectivity index (χ1v) is 25.0. The number of hydrogen-bond acceptors (Lipinski definition) is 1. The third kappa shape index (κ3) is 5.15. The highest BCUT2D eigenvalue weighted by Gasteiger charge is 2.52. The Balaban J connectivity index is 1.05. The van der Waals surface area contributed by atoms with Crippen LogP contribution in [0.15, 0.2) is 267 Å². The second-order valence-corrected chi connectivity index (χ2v) is 19.9. The van der Waals surface area contributed by atoms with Crippen LogP contribution >= 0.6 is 0 Å². The van der Waals surface area contributed by atoms with E-state index in [0.717, 1.165) is 17.1 Å². The van der Waals surface area contributed by atoms with Crippen molar-refractivity contribution in [3.8, 4) is 44.5 Å². The van der Waals surface area contributed by atoms with Crippen LogP contribution in [0, 0.1) is 0 Å². The molecule has 15 rings (SSSR count). The maximum absolute atomic E-state index is 2.60. The summed E-state index contributed by atoms with van der Waals surface area (Å²) in [5, 5.41) is 0. The number of rotatable bonds is 6. The molecule has 332 valence electrons. The van der Waals surface area contributed by atoms with Crippen molar-refractivity contribution >= 4 is 17.1 Å². The predicted octanol–water partition coefficient (Wildman–Crippen LogP) is 17.2. The van der Waals surface area contributed by atoms with Crippen molar-refractivity contribution in [3.63, 3.8) is 0 Å².